The minimum atomic E-state index is -1.59. The fraction of sp³-hybridized carbons (Fsp3) is 0.294. The number of rotatable bonds is 12. The molecule has 45 heavy (non-hydrogen) atoms. The summed E-state index contributed by atoms with van der Waals surface area (Å²) in [5.41, 5.74) is 7.06. The molecule has 4 aromatic rings. The molecule has 2 heterocycles. The first-order chi connectivity index (χ1) is 21.7. The molecule has 1 aromatic heterocycles. The van der Waals surface area contributed by atoms with Crippen LogP contribution in [0.3, 0.4) is 0 Å². The van der Waals surface area contributed by atoms with Crippen LogP contribution in [0.2, 0.25) is 5.02 Å². The van der Waals surface area contributed by atoms with E-state index in [1.807, 2.05) is 35.2 Å². The predicted octanol–water partition coefficient (Wildman–Crippen LogP) is 5.55. The third-order valence-corrected chi connectivity index (χ3v) is 8.25. The molecule has 11 heteroatoms. The summed E-state index contributed by atoms with van der Waals surface area (Å²) in [7, 11) is 6.19. The smallest absolute Gasteiger partial charge is 0.220 e. The number of carbonyl (C=O) groups excluding carboxylic acids is 2. The van der Waals surface area contributed by atoms with E-state index >= 15 is 0 Å². The summed E-state index contributed by atoms with van der Waals surface area (Å²) >= 11 is 6.17. The van der Waals surface area contributed by atoms with E-state index in [4.69, 9.17) is 46.3 Å². The lowest BCUT2D eigenvalue weighted by Gasteiger charge is -2.39. The highest BCUT2D eigenvalue weighted by Gasteiger charge is 2.50. The van der Waals surface area contributed by atoms with Crippen LogP contribution in [0.15, 0.2) is 66.7 Å². The van der Waals surface area contributed by atoms with Crippen LogP contribution in [0.4, 0.5) is 0 Å². The first kappa shape index (κ1) is 31.7. The summed E-state index contributed by atoms with van der Waals surface area (Å²) in [5, 5.41) is 0.482. The van der Waals surface area contributed by atoms with Crippen molar-refractivity contribution in [3.63, 3.8) is 0 Å². The molecule has 10 nitrogen and oxygen atoms in total. The topological polar surface area (TPSA) is 126 Å². The summed E-state index contributed by atoms with van der Waals surface area (Å²) in [6, 6.07) is 19.3. The molecular formula is C34H35ClN4O6. The Hall–Kier alpha value is -4.67. The molecule has 234 valence electrons. The van der Waals surface area contributed by atoms with E-state index in [0.717, 1.165) is 18.4 Å². The first-order valence-electron chi connectivity index (χ1n) is 14.4. The maximum absolute atomic E-state index is 14.7. The van der Waals surface area contributed by atoms with Crippen LogP contribution in [-0.4, -0.2) is 68.1 Å². The van der Waals surface area contributed by atoms with Gasteiger partial charge in [-0.05, 0) is 92.7 Å². The molecule has 3 aromatic carbocycles. The zero-order valence-corrected chi connectivity index (χ0v) is 26.4. The van der Waals surface area contributed by atoms with Gasteiger partial charge in [-0.3, -0.25) is 14.5 Å². The van der Waals surface area contributed by atoms with Crippen LogP contribution >= 0.6 is 11.6 Å². The quantitative estimate of drug-likeness (QED) is 0.201. The standard InChI is InChI=1S/C34H35ClN4O6/c1-42-25-13-9-21(10-14-25)26-19-27(23-17-28(43-2)31(45-4)29(18-23)44-3)38-33(37-26)34(20-30(36)40,39-15-5-6-16-39)32(41)22-7-11-24(35)12-8-22/h7-14,17-19H,5-6,15-16,20H2,1-4H3,(H2,36,40). The number of Topliss-reactive ketones (excluding diaryl/α,β-unsaturated/α-hetero) is 1. The van der Waals surface area contributed by atoms with Gasteiger partial charge in [0, 0.05) is 21.7 Å². The van der Waals surface area contributed by atoms with Gasteiger partial charge in [0.25, 0.3) is 0 Å². The molecule has 0 bridgehead atoms. The number of primary amides is 1. The van der Waals surface area contributed by atoms with Crippen molar-refractivity contribution in [2.24, 2.45) is 5.73 Å². The minimum absolute atomic E-state index is 0.153. The van der Waals surface area contributed by atoms with E-state index in [-0.39, 0.29) is 18.0 Å². The number of nitrogens with two attached hydrogens (primary N) is 1. The Labute approximate surface area is 267 Å². The van der Waals surface area contributed by atoms with Gasteiger partial charge >= 0.3 is 0 Å². The van der Waals surface area contributed by atoms with Crippen molar-refractivity contribution in [3.05, 3.63) is 83.1 Å². The number of halogens is 1. The zero-order chi connectivity index (χ0) is 32.1. The maximum atomic E-state index is 14.7. The van der Waals surface area contributed by atoms with Crippen molar-refractivity contribution in [1.82, 2.24) is 14.9 Å². The van der Waals surface area contributed by atoms with Gasteiger partial charge < -0.3 is 24.7 Å². The normalized spacial score (nSPS) is 14.4. The average Bonchev–Trinajstić information content (AvgIpc) is 3.62. The van der Waals surface area contributed by atoms with Gasteiger partial charge in [-0.15, -0.1) is 0 Å². The Bertz CT molecular complexity index is 1670. The van der Waals surface area contributed by atoms with Crippen molar-refractivity contribution >= 4 is 23.3 Å². The van der Waals surface area contributed by atoms with Gasteiger partial charge in [-0.1, -0.05) is 11.6 Å². The van der Waals surface area contributed by atoms with E-state index in [0.29, 0.717) is 63.6 Å². The van der Waals surface area contributed by atoms with E-state index < -0.39 is 11.4 Å². The SMILES string of the molecule is COc1ccc(-c2cc(-c3cc(OC)c(OC)c(OC)c3)nc(C(CC(N)=O)(C(=O)c3ccc(Cl)cc3)N3CCCC3)n2)cc1. The number of likely N-dealkylation sites (tertiary alicyclic amines) is 1. The molecule has 1 unspecified atom stereocenters. The Morgan fingerprint density at radius 3 is 1.89 bits per heavy atom. The fourth-order valence-electron chi connectivity index (χ4n) is 5.77. The van der Waals surface area contributed by atoms with Gasteiger partial charge in [0.15, 0.2) is 28.6 Å². The molecule has 1 aliphatic heterocycles. The number of ether oxygens (including phenoxy) is 4. The van der Waals surface area contributed by atoms with Crippen LogP contribution in [-0.2, 0) is 10.3 Å². The summed E-state index contributed by atoms with van der Waals surface area (Å²) in [5.74, 6) is 1.11. The fourth-order valence-corrected chi connectivity index (χ4v) is 5.89. The highest BCUT2D eigenvalue weighted by molar-refractivity contribution is 6.30. The highest BCUT2D eigenvalue weighted by atomic mass is 35.5. The summed E-state index contributed by atoms with van der Waals surface area (Å²) < 4.78 is 22.1. The molecule has 0 radical (unpaired) electrons. The zero-order valence-electron chi connectivity index (χ0n) is 25.6. The van der Waals surface area contributed by atoms with E-state index in [9.17, 15) is 9.59 Å². The Morgan fingerprint density at radius 2 is 1.38 bits per heavy atom. The lowest BCUT2D eigenvalue weighted by Crippen LogP contribution is -2.54. The summed E-state index contributed by atoms with van der Waals surface area (Å²) in [4.78, 5) is 39.6. The molecule has 1 atom stereocenters. The van der Waals surface area contributed by atoms with E-state index in [1.54, 1.807) is 43.5 Å². The number of hydrogen-bond acceptors (Lipinski definition) is 9. The number of amides is 1. The number of carbonyl (C=O) groups is 2. The molecule has 1 amide bonds. The minimum Gasteiger partial charge on any atom is -0.497 e. The molecule has 1 fully saturated rings. The van der Waals surface area contributed by atoms with E-state index in [1.165, 1.54) is 21.3 Å². The second-order valence-electron chi connectivity index (χ2n) is 10.6. The number of hydrogen-bond donors (Lipinski definition) is 1. The van der Waals surface area contributed by atoms with Gasteiger partial charge in [0.1, 0.15) is 5.75 Å². The number of nitrogens with zero attached hydrogens (tertiary/aromatic N) is 3. The van der Waals surface area contributed by atoms with Crippen molar-refractivity contribution in [2.75, 3.05) is 41.5 Å². The highest BCUT2D eigenvalue weighted by Crippen LogP contribution is 2.43. The molecular weight excluding hydrogens is 596 g/mol. The van der Waals surface area contributed by atoms with Crippen LogP contribution < -0.4 is 24.7 Å². The van der Waals surface area contributed by atoms with Gasteiger partial charge in [0.2, 0.25) is 11.7 Å². The lowest BCUT2D eigenvalue weighted by molar-refractivity contribution is -0.120. The third kappa shape index (κ3) is 6.29. The van der Waals surface area contributed by atoms with Crippen LogP contribution in [0, 0.1) is 0 Å². The molecule has 1 aliphatic rings. The average molecular weight is 631 g/mol. The Kier molecular flexibility index (Phi) is 9.55. The maximum Gasteiger partial charge on any atom is 0.220 e. The number of aromatic nitrogens is 2. The second-order valence-corrected chi connectivity index (χ2v) is 11.1. The lowest BCUT2D eigenvalue weighted by atomic mass is 9.82. The van der Waals surface area contributed by atoms with Gasteiger partial charge in [-0.2, -0.15) is 0 Å². The summed E-state index contributed by atoms with van der Waals surface area (Å²) in [6.07, 6.45) is 1.36. The Balaban J connectivity index is 1.83. The van der Waals surface area contributed by atoms with Gasteiger partial charge in [-0.25, -0.2) is 9.97 Å². The van der Waals surface area contributed by atoms with Crippen molar-refractivity contribution < 1.29 is 28.5 Å². The molecule has 2 N–H and O–H groups in total. The van der Waals surface area contributed by atoms with Gasteiger partial charge in [0.05, 0.1) is 46.2 Å². The van der Waals surface area contributed by atoms with Crippen LogP contribution in [0.25, 0.3) is 22.5 Å². The van der Waals surface area contributed by atoms with Crippen molar-refractivity contribution in [3.8, 4) is 45.5 Å². The monoisotopic (exact) mass is 630 g/mol. The molecule has 0 aliphatic carbocycles. The first-order valence-corrected chi connectivity index (χ1v) is 14.8. The second kappa shape index (κ2) is 13.5. The molecule has 1 saturated heterocycles. The largest absolute Gasteiger partial charge is 0.497 e. The number of benzene rings is 3. The molecule has 5 rings (SSSR count). The molecule has 0 saturated carbocycles. The third-order valence-electron chi connectivity index (χ3n) is 8.00. The predicted molar refractivity (Wildman–Crippen MR) is 171 cm³/mol. The van der Waals surface area contributed by atoms with Crippen LogP contribution in [0.5, 0.6) is 23.0 Å². The summed E-state index contributed by atoms with van der Waals surface area (Å²) in [6.45, 7) is 1.12. The van der Waals surface area contributed by atoms with E-state index in [2.05, 4.69) is 0 Å². The number of methoxy groups -OCH3 is 4. The number of ketones is 1. The van der Waals surface area contributed by atoms with Crippen molar-refractivity contribution in [2.45, 2.75) is 24.8 Å². The van der Waals surface area contributed by atoms with Crippen molar-refractivity contribution in [1.29, 1.82) is 0 Å². The van der Waals surface area contributed by atoms with Crippen LogP contribution in [0.1, 0.15) is 35.4 Å². The Morgan fingerprint density at radius 1 is 0.800 bits per heavy atom. The molecule has 0 spiro atoms.